The maximum atomic E-state index is 10.8. The molecule has 128 valence electrons. The molecule has 5 N–H and O–H groups in total. The minimum Gasteiger partial charge on any atom is -0.482 e. The topological polar surface area (TPSA) is 117 Å². The maximum Gasteiger partial charge on any atom is 0.307 e. The Morgan fingerprint density at radius 3 is 2.84 bits per heavy atom. The Morgan fingerprint density at radius 1 is 1.24 bits per heavy atom. The van der Waals surface area contributed by atoms with Crippen LogP contribution in [-0.4, -0.2) is 28.6 Å². The Hall–Kier alpha value is -3.48. The lowest BCUT2D eigenvalue weighted by atomic mass is 10.1. The Morgan fingerprint density at radius 2 is 2.04 bits per heavy atom. The molecule has 2 aromatic carbocycles. The van der Waals surface area contributed by atoms with Gasteiger partial charge in [-0.2, -0.15) is 0 Å². The van der Waals surface area contributed by atoms with Gasteiger partial charge in [0.05, 0.1) is 12.1 Å². The van der Waals surface area contributed by atoms with Gasteiger partial charge in [0.2, 0.25) is 0 Å². The molecule has 7 nitrogen and oxygen atoms in total. The molecular weight excluding hydrogens is 322 g/mol. The summed E-state index contributed by atoms with van der Waals surface area (Å²) in [6.07, 6.45) is 1.82. The zero-order chi connectivity index (χ0) is 17.8. The highest BCUT2D eigenvalue weighted by atomic mass is 16.5. The van der Waals surface area contributed by atoms with Crippen LogP contribution in [-0.2, 0) is 16.0 Å². The van der Waals surface area contributed by atoms with E-state index in [9.17, 15) is 9.59 Å². The average molecular weight is 339 g/mol. The summed E-state index contributed by atoms with van der Waals surface area (Å²) in [4.78, 5) is 24.4. The zero-order valence-electron chi connectivity index (χ0n) is 13.3. The summed E-state index contributed by atoms with van der Waals surface area (Å²) in [5.74, 6) is -0.299. The van der Waals surface area contributed by atoms with Crippen LogP contribution in [0.2, 0.25) is 0 Å². The van der Waals surface area contributed by atoms with Crippen LogP contribution in [0.15, 0.2) is 48.7 Å². The van der Waals surface area contributed by atoms with Gasteiger partial charge in [-0.25, -0.2) is 0 Å². The number of hydrogen-bond acceptors (Lipinski definition) is 4. The number of amides is 1. The number of carbonyl (C=O) groups is 2. The van der Waals surface area contributed by atoms with Gasteiger partial charge in [-0.05, 0) is 23.8 Å². The smallest absolute Gasteiger partial charge is 0.307 e. The van der Waals surface area contributed by atoms with Crippen molar-refractivity contribution in [1.29, 1.82) is 0 Å². The summed E-state index contributed by atoms with van der Waals surface area (Å²) < 4.78 is 5.12. The number of carbonyl (C=O) groups excluding carboxylic acids is 1. The molecule has 0 spiro atoms. The average Bonchev–Trinajstić information content (AvgIpc) is 2.98. The number of carboxylic acids is 1. The van der Waals surface area contributed by atoms with E-state index in [-0.39, 0.29) is 18.9 Å². The first-order valence-corrected chi connectivity index (χ1v) is 7.62. The van der Waals surface area contributed by atoms with Gasteiger partial charge >= 0.3 is 5.97 Å². The molecule has 0 radical (unpaired) electrons. The van der Waals surface area contributed by atoms with Gasteiger partial charge in [0.1, 0.15) is 5.75 Å². The van der Waals surface area contributed by atoms with Crippen LogP contribution < -0.4 is 15.8 Å². The molecule has 0 saturated carbocycles. The van der Waals surface area contributed by atoms with Crippen molar-refractivity contribution in [3.8, 4) is 5.75 Å². The number of benzene rings is 2. The SMILES string of the molecule is Nc1ccc2c(c1)OCC(=O)N2.O=C(O)Cc1c[nH]c2ccccc12. The van der Waals surface area contributed by atoms with Crippen molar-refractivity contribution in [2.75, 3.05) is 17.7 Å². The van der Waals surface area contributed by atoms with E-state index in [0.717, 1.165) is 16.5 Å². The van der Waals surface area contributed by atoms with Crippen molar-refractivity contribution in [3.05, 3.63) is 54.2 Å². The molecule has 0 unspecified atom stereocenters. The minimum absolute atomic E-state index is 0.0659. The number of para-hydroxylation sites is 1. The first-order valence-electron chi connectivity index (χ1n) is 7.62. The second-order valence-corrected chi connectivity index (χ2v) is 5.52. The molecule has 4 rings (SSSR count). The van der Waals surface area contributed by atoms with E-state index in [1.165, 1.54) is 0 Å². The van der Waals surface area contributed by atoms with Gasteiger partial charge < -0.3 is 25.9 Å². The van der Waals surface area contributed by atoms with E-state index in [4.69, 9.17) is 15.6 Å². The first-order chi connectivity index (χ1) is 12.0. The summed E-state index contributed by atoms with van der Waals surface area (Å²) in [5.41, 5.74) is 8.66. The Kier molecular flexibility index (Phi) is 4.56. The van der Waals surface area contributed by atoms with Gasteiger partial charge in [-0.15, -0.1) is 0 Å². The fraction of sp³-hybridized carbons (Fsp3) is 0.111. The van der Waals surface area contributed by atoms with Crippen molar-refractivity contribution in [3.63, 3.8) is 0 Å². The second-order valence-electron chi connectivity index (χ2n) is 5.52. The number of nitrogen functional groups attached to an aromatic ring is 1. The third-order valence-electron chi connectivity index (χ3n) is 3.66. The monoisotopic (exact) mass is 339 g/mol. The summed E-state index contributed by atoms with van der Waals surface area (Å²) in [6, 6.07) is 12.8. The third kappa shape index (κ3) is 3.89. The van der Waals surface area contributed by atoms with Gasteiger partial charge in [-0.1, -0.05) is 18.2 Å². The van der Waals surface area contributed by atoms with E-state index in [0.29, 0.717) is 17.1 Å². The van der Waals surface area contributed by atoms with Crippen molar-refractivity contribution in [1.82, 2.24) is 4.98 Å². The largest absolute Gasteiger partial charge is 0.482 e. The molecular formula is C18H17N3O4. The minimum atomic E-state index is -0.801. The van der Waals surface area contributed by atoms with E-state index in [2.05, 4.69) is 10.3 Å². The molecule has 0 aliphatic carbocycles. The fourth-order valence-corrected chi connectivity index (χ4v) is 2.53. The zero-order valence-corrected chi connectivity index (χ0v) is 13.3. The number of rotatable bonds is 2. The molecule has 0 bridgehead atoms. The van der Waals surface area contributed by atoms with E-state index in [1.807, 2.05) is 24.3 Å². The molecule has 1 aromatic heterocycles. The number of hydrogen-bond donors (Lipinski definition) is 4. The molecule has 1 aliphatic rings. The highest BCUT2D eigenvalue weighted by molar-refractivity contribution is 5.95. The fourth-order valence-electron chi connectivity index (χ4n) is 2.53. The van der Waals surface area contributed by atoms with Crippen LogP contribution in [0.1, 0.15) is 5.56 Å². The van der Waals surface area contributed by atoms with Crippen LogP contribution in [0.4, 0.5) is 11.4 Å². The normalized spacial score (nSPS) is 12.4. The number of ether oxygens (including phenoxy) is 1. The summed E-state index contributed by atoms with van der Waals surface area (Å²) >= 11 is 0. The van der Waals surface area contributed by atoms with Crippen molar-refractivity contribution >= 4 is 34.2 Å². The van der Waals surface area contributed by atoms with E-state index in [1.54, 1.807) is 24.4 Å². The van der Waals surface area contributed by atoms with Crippen LogP contribution >= 0.6 is 0 Å². The predicted octanol–water partition coefficient (Wildman–Crippen LogP) is 2.39. The highest BCUT2D eigenvalue weighted by Gasteiger charge is 2.14. The molecule has 1 aliphatic heterocycles. The summed E-state index contributed by atoms with van der Waals surface area (Å²) in [6.45, 7) is 0.0659. The number of aromatic amines is 1. The molecule has 0 fully saturated rings. The van der Waals surface area contributed by atoms with Gasteiger partial charge in [0, 0.05) is 28.9 Å². The molecule has 25 heavy (non-hydrogen) atoms. The maximum absolute atomic E-state index is 10.8. The lowest BCUT2D eigenvalue weighted by molar-refractivity contribution is -0.136. The predicted molar refractivity (Wildman–Crippen MR) is 94.6 cm³/mol. The lowest BCUT2D eigenvalue weighted by Crippen LogP contribution is -2.25. The lowest BCUT2D eigenvalue weighted by Gasteiger charge is -2.17. The van der Waals surface area contributed by atoms with Crippen molar-refractivity contribution in [2.24, 2.45) is 0 Å². The number of nitrogens with one attached hydrogen (secondary N) is 2. The third-order valence-corrected chi connectivity index (χ3v) is 3.66. The van der Waals surface area contributed by atoms with E-state index >= 15 is 0 Å². The molecule has 0 atom stereocenters. The van der Waals surface area contributed by atoms with Crippen LogP contribution in [0, 0.1) is 0 Å². The summed E-state index contributed by atoms with van der Waals surface area (Å²) in [5, 5.41) is 12.3. The first kappa shape index (κ1) is 16.4. The highest BCUT2D eigenvalue weighted by Crippen LogP contribution is 2.29. The van der Waals surface area contributed by atoms with E-state index < -0.39 is 5.97 Å². The van der Waals surface area contributed by atoms with Gasteiger partial charge in [0.25, 0.3) is 5.91 Å². The second kappa shape index (κ2) is 6.96. The number of H-pyrrole nitrogens is 1. The number of carboxylic acid groups (broad SMARTS) is 1. The molecule has 7 heteroatoms. The number of nitrogens with two attached hydrogens (primary N) is 1. The van der Waals surface area contributed by atoms with Crippen LogP contribution in [0.3, 0.4) is 0 Å². The van der Waals surface area contributed by atoms with Crippen LogP contribution in [0.25, 0.3) is 10.9 Å². The Balaban J connectivity index is 0.000000146. The van der Waals surface area contributed by atoms with Crippen molar-refractivity contribution in [2.45, 2.75) is 6.42 Å². The Bertz CT molecular complexity index is 933. The van der Waals surface area contributed by atoms with Crippen molar-refractivity contribution < 1.29 is 19.4 Å². The van der Waals surface area contributed by atoms with Crippen LogP contribution in [0.5, 0.6) is 5.75 Å². The molecule has 1 amide bonds. The molecule has 3 aromatic rings. The standard InChI is InChI=1S/C10H9NO2.C8H8N2O2/c12-10(13)5-7-6-11-9-4-2-1-3-8(7)9;9-5-1-2-6-7(3-5)12-4-8(11)10-6/h1-4,6,11H,5H2,(H,12,13);1-3H,4,9H2,(H,10,11). The Labute approximate surface area is 143 Å². The molecule has 2 heterocycles. The van der Waals surface area contributed by atoms with Gasteiger partial charge in [-0.3, -0.25) is 9.59 Å². The molecule has 0 saturated heterocycles. The number of anilines is 2. The number of aliphatic carboxylic acids is 1. The number of fused-ring (bicyclic) bond motifs is 2. The summed E-state index contributed by atoms with van der Waals surface area (Å²) in [7, 11) is 0. The quantitative estimate of drug-likeness (QED) is 0.535. The number of aromatic nitrogens is 1. The van der Waals surface area contributed by atoms with Gasteiger partial charge in [0.15, 0.2) is 6.61 Å².